The van der Waals surface area contributed by atoms with Gasteiger partial charge in [0.15, 0.2) is 11.5 Å². The second-order valence-electron chi connectivity index (χ2n) is 5.98. The van der Waals surface area contributed by atoms with Crippen LogP contribution < -0.4 is 9.47 Å². The maximum Gasteiger partial charge on any atom is 0.284 e. The zero-order chi connectivity index (χ0) is 17.5. The molecule has 0 spiro atoms. The maximum absolute atomic E-state index is 12.9. The summed E-state index contributed by atoms with van der Waals surface area (Å²) in [6.07, 6.45) is 2.19. The summed E-state index contributed by atoms with van der Waals surface area (Å²) in [6, 6.07) is 12.8. The average molecular weight is 366 g/mol. The number of hydrogen-bond acceptors (Lipinski definition) is 6. The number of amides is 1. The van der Waals surface area contributed by atoms with Crippen LogP contribution in [0.15, 0.2) is 63.6 Å². The summed E-state index contributed by atoms with van der Waals surface area (Å²) in [6.45, 7) is 0.225. The third kappa shape index (κ3) is 2.48. The van der Waals surface area contributed by atoms with E-state index in [1.807, 2.05) is 41.8 Å². The van der Waals surface area contributed by atoms with Crippen molar-refractivity contribution < 1.29 is 18.7 Å². The molecule has 7 heteroatoms. The summed E-state index contributed by atoms with van der Waals surface area (Å²) >= 11 is 1.40. The van der Waals surface area contributed by atoms with E-state index in [9.17, 15) is 4.79 Å². The SMILES string of the molecule is O=C(c1cccs1)N1N=C(c2ccc3c(c2)OCO3)C[C@H]1c1ccco1. The molecule has 1 atom stereocenters. The lowest BCUT2D eigenvalue weighted by Crippen LogP contribution is -2.26. The fourth-order valence-corrected chi connectivity index (χ4v) is 3.82. The molecule has 0 N–H and O–H groups in total. The van der Waals surface area contributed by atoms with Crippen LogP contribution in [0.3, 0.4) is 0 Å². The first-order valence-electron chi connectivity index (χ1n) is 8.17. The van der Waals surface area contributed by atoms with Gasteiger partial charge >= 0.3 is 0 Å². The molecule has 0 saturated carbocycles. The van der Waals surface area contributed by atoms with Crippen LogP contribution in [0.25, 0.3) is 0 Å². The van der Waals surface area contributed by atoms with Gasteiger partial charge in [-0.05, 0) is 41.8 Å². The van der Waals surface area contributed by atoms with Gasteiger partial charge in [-0.25, -0.2) is 5.01 Å². The van der Waals surface area contributed by atoms with Gasteiger partial charge in [-0.15, -0.1) is 11.3 Å². The lowest BCUT2D eigenvalue weighted by Gasteiger charge is -2.18. The molecule has 1 aromatic carbocycles. The van der Waals surface area contributed by atoms with E-state index in [1.165, 1.54) is 16.3 Å². The molecule has 0 aliphatic carbocycles. The van der Waals surface area contributed by atoms with Crippen LogP contribution in [0.5, 0.6) is 11.5 Å². The Morgan fingerprint density at radius 1 is 1.15 bits per heavy atom. The zero-order valence-electron chi connectivity index (χ0n) is 13.6. The predicted molar refractivity (Wildman–Crippen MR) is 95.7 cm³/mol. The fraction of sp³-hybridized carbons (Fsp3) is 0.158. The van der Waals surface area contributed by atoms with Crippen LogP contribution in [0.4, 0.5) is 0 Å². The summed E-state index contributed by atoms with van der Waals surface area (Å²) in [5.74, 6) is 2.01. The monoisotopic (exact) mass is 366 g/mol. The molecule has 0 fully saturated rings. The molecule has 130 valence electrons. The first-order chi connectivity index (χ1) is 12.8. The molecule has 6 nitrogen and oxygen atoms in total. The smallest absolute Gasteiger partial charge is 0.284 e. The van der Waals surface area contributed by atoms with Crippen LogP contribution in [0, 0.1) is 0 Å². The minimum atomic E-state index is -0.264. The highest BCUT2D eigenvalue weighted by Gasteiger charge is 2.36. The Balaban J connectivity index is 1.52. The standard InChI is InChI=1S/C19H14N2O4S/c22-19(18-4-2-8-26-18)21-14(15-3-1-7-23-15)10-13(20-21)12-5-6-16-17(9-12)25-11-24-16/h1-9,14H,10-11H2/t14-/m0/s1. The molecule has 3 aromatic rings. The van der Waals surface area contributed by atoms with Crippen molar-refractivity contribution in [3.63, 3.8) is 0 Å². The molecule has 0 unspecified atom stereocenters. The Morgan fingerprint density at radius 2 is 2.08 bits per heavy atom. The fourth-order valence-electron chi connectivity index (χ4n) is 3.16. The van der Waals surface area contributed by atoms with Crippen molar-refractivity contribution in [2.75, 3.05) is 6.79 Å². The number of benzene rings is 1. The van der Waals surface area contributed by atoms with Crippen molar-refractivity contribution in [3.8, 4) is 11.5 Å². The molecule has 26 heavy (non-hydrogen) atoms. The van der Waals surface area contributed by atoms with E-state index >= 15 is 0 Å². The van der Waals surface area contributed by atoms with Gasteiger partial charge in [-0.2, -0.15) is 5.10 Å². The maximum atomic E-state index is 12.9. The Bertz CT molecular complexity index is 979. The molecule has 4 heterocycles. The zero-order valence-corrected chi connectivity index (χ0v) is 14.4. The normalized spacial score (nSPS) is 18.2. The molecule has 5 rings (SSSR count). The first kappa shape index (κ1) is 15.2. The van der Waals surface area contributed by atoms with Gasteiger partial charge in [0.1, 0.15) is 11.8 Å². The third-order valence-electron chi connectivity index (χ3n) is 4.43. The van der Waals surface area contributed by atoms with Crippen molar-refractivity contribution in [3.05, 3.63) is 70.3 Å². The number of carbonyl (C=O) groups is 1. The number of nitrogens with zero attached hydrogens (tertiary/aromatic N) is 2. The summed E-state index contributed by atoms with van der Waals surface area (Å²) in [7, 11) is 0. The van der Waals surface area contributed by atoms with Gasteiger partial charge in [0.05, 0.1) is 16.9 Å². The highest BCUT2D eigenvalue weighted by atomic mass is 32.1. The summed E-state index contributed by atoms with van der Waals surface area (Å²) in [5, 5.41) is 8.03. The summed E-state index contributed by atoms with van der Waals surface area (Å²) in [5.41, 5.74) is 1.72. The number of furan rings is 1. The molecule has 0 radical (unpaired) electrons. The van der Waals surface area contributed by atoms with Crippen LogP contribution in [0.1, 0.15) is 33.5 Å². The highest BCUT2D eigenvalue weighted by molar-refractivity contribution is 7.12. The molecule has 2 aliphatic rings. The molecular formula is C19H14N2O4S. The van der Waals surface area contributed by atoms with Crippen LogP contribution >= 0.6 is 11.3 Å². The van der Waals surface area contributed by atoms with Gasteiger partial charge in [0.25, 0.3) is 5.91 Å². The van der Waals surface area contributed by atoms with E-state index in [4.69, 9.17) is 13.9 Å². The van der Waals surface area contributed by atoms with E-state index in [0.717, 1.165) is 22.8 Å². The van der Waals surface area contributed by atoms with E-state index in [2.05, 4.69) is 5.10 Å². The third-order valence-corrected chi connectivity index (χ3v) is 5.29. The van der Waals surface area contributed by atoms with Gasteiger partial charge in [0, 0.05) is 12.0 Å². The largest absolute Gasteiger partial charge is 0.467 e. The summed E-state index contributed by atoms with van der Waals surface area (Å²) < 4.78 is 16.4. The van der Waals surface area contributed by atoms with E-state index < -0.39 is 0 Å². The number of carbonyl (C=O) groups excluding carboxylic acids is 1. The van der Waals surface area contributed by atoms with Crippen molar-refractivity contribution in [1.29, 1.82) is 0 Å². The van der Waals surface area contributed by atoms with Crippen molar-refractivity contribution in [2.24, 2.45) is 5.10 Å². The van der Waals surface area contributed by atoms with E-state index in [0.29, 0.717) is 17.0 Å². The number of hydrazone groups is 1. The Hall–Kier alpha value is -3.06. The molecular weight excluding hydrogens is 352 g/mol. The topological polar surface area (TPSA) is 64.3 Å². The molecule has 1 amide bonds. The van der Waals surface area contributed by atoms with E-state index in [1.54, 1.807) is 12.3 Å². The van der Waals surface area contributed by atoms with Crippen molar-refractivity contribution in [1.82, 2.24) is 5.01 Å². The van der Waals surface area contributed by atoms with Crippen LogP contribution in [-0.4, -0.2) is 23.4 Å². The van der Waals surface area contributed by atoms with Crippen molar-refractivity contribution in [2.45, 2.75) is 12.5 Å². The quantitative estimate of drug-likeness (QED) is 0.701. The average Bonchev–Trinajstić information content (AvgIpc) is 3.47. The van der Waals surface area contributed by atoms with Gasteiger partial charge in [-0.3, -0.25) is 4.79 Å². The molecule has 0 bridgehead atoms. The highest BCUT2D eigenvalue weighted by Crippen LogP contribution is 2.37. The summed E-state index contributed by atoms with van der Waals surface area (Å²) in [4.78, 5) is 13.6. The number of hydrogen-bond donors (Lipinski definition) is 0. The lowest BCUT2D eigenvalue weighted by atomic mass is 10.0. The number of rotatable bonds is 3. The minimum Gasteiger partial charge on any atom is -0.467 e. The first-order valence-corrected chi connectivity index (χ1v) is 9.05. The second kappa shape index (κ2) is 6.03. The number of fused-ring (bicyclic) bond motifs is 1. The predicted octanol–water partition coefficient (Wildman–Crippen LogP) is 4.06. The second-order valence-corrected chi connectivity index (χ2v) is 6.92. The molecule has 2 aromatic heterocycles. The number of thiophene rings is 1. The Morgan fingerprint density at radius 3 is 2.88 bits per heavy atom. The van der Waals surface area contributed by atoms with Gasteiger partial charge < -0.3 is 13.9 Å². The Labute approximate surface area is 153 Å². The van der Waals surface area contributed by atoms with Crippen LogP contribution in [-0.2, 0) is 0 Å². The van der Waals surface area contributed by atoms with E-state index in [-0.39, 0.29) is 18.7 Å². The molecule has 2 aliphatic heterocycles. The number of ether oxygens (including phenoxy) is 2. The van der Waals surface area contributed by atoms with Gasteiger partial charge in [0.2, 0.25) is 6.79 Å². The molecule has 0 saturated heterocycles. The Kier molecular flexibility index (Phi) is 3.53. The van der Waals surface area contributed by atoms with Gasteiger partial charge in [-0.1, -0.05) is 6.07 Å². The lowest BCUT2D eigenvalue weighted by molar-refractivity contribution is 0.0698. The van der Waals surface area contributed by atoms with Crippen LogP contribution in [0.2, 0.25) is 0 Å². The van der Waals surface area contributed by atoms with Crippen molar-refractivity contribution >= 4 is 23.0 Å². The minimum absolute atomic E-state index is 0.128.